The number of nitrogens with zero attached hydrogens (tertiary/aromatic N) is 3. The van der Waals surface area contributed by atoms with Crippen LogP contribution in [-0.4, -0.2) is 9.78 Å². The van der Waals surface area contributed by atoms with Gasteiger partial charge in [0.2, 0.25) is 0 Å². The van der Waals surface area contributed by atoms with E-state index in [4.69, 9.17) is 17.3 Å². The van der Waals surface area contributed by atoms with E-state index >= 15 is 0 Å². The molecule has 3 rings (SSSR count). The van der Waals surface area contributed by atoms with E-state index in [-0.39, 0.29) is 5.82 Å². The van der Waals surface area contributed by atoms with Crippen molar-refractivity contribution < 1.29 is 4.39 Å². The van der Waals surface area contributed by atoms with Gasteiger partial charge in [0.1, 0.15) is 23.3 Å². The lowest BCUT2D eigenvalue weighted by Gasteiger charge is -2.04. The second-order valence-corrected chi connectivity index (χ2v) is 5.84. The van der Waals surface area contributed by atoms with Gasteiger partial charge < -0.3 is 5.73 Å². The third kappa shape index (κ3) is 3.39. The highest BCUT2D eigenvalue weighted by Crippen LogP contribution is 2.21. The van der Waals surface area contributed by atoms with E-state index in [0.717, 1.165) is 11.1 Å². The zero-order chi connectivity index (χ0) is 17.1. The number of benzene rings is 2. The number of nitrogen functional groups attached to an aromatic ring is 1. The van der Waals surface area contributed by atoms with Gasteiger partial charge in [0, 0.05) is 11.4 Å². The fourth-order valence-electron chi connectivity index (χ4n) is 2.45. The van der Waals surface area contributed by atoms with E-state index in [1.165, 1.54) is 12.1 Å². The molecule has 0 aliphatic rings. The second kappa shape index (κ2) is 6.73. The largest absolute Gasteiger partial charge is 0.383 e. The van der Waals surface area contributed by atoms with Gasteiger partial charge in [-0.1, -0.05) is 35.9 Å². The highest BCUT2D eigenvalue weighted by Gasteiger charge is 2.16. The van der Waals surface area contributed by atoms with Crippen LogP contribution in [0.2, 0.25) is 5.02 Å². The first kappa shape index (κ1) is 16.0. The summed E-state index contributed by atoms with van der Waals surface area (Å²) in [6, 6.07) is 15.6. The maximum absolute atomic E-state index is 13.0. The number of rotatable bonds is 4. The Morgan fingerprint density at radius 3 is 2.33 bits per heavy atom. The van der Waals surface area contributed by atoms with E-state index in [9.17, 15) is 9.65 Å². The van der Waals surface area contributed by atoms with Crippen molar-refractivity contribution in [1.29, 1.82) is 5.26 Å². The number of nitrogens with two attached hydrogens (primary N) is 1. The van der Waals surface area contributed by atoms with E-state index in [0.29, 0.717) is 35.1 Å². The van der Waals surface area contributed by atoms with Crippen LogP contribution in [0.5, 0.6) is 0 Å². The van der Waals surface area contributed by atoms with Gasteiger partial charge in [0.15, 0.2) is 0 Å². The lowest BCUT2D eigenvalue weighted by Crippen LogP contribution is -2.06. The lowest BCUT2D eigenvalue weighted by atomic mass is 10.1. The molecule has 0 saturated carbocycles. The average Bonchev–Trinajstić information content (AvgIpc) is 2.86. The molecule has 0 aliphatic carbocycles. The molecule has 1 heterocycles. The van der Waals surface area contributed by atoms with Gasteiger partial charge in [-0.05, 0) is 35.4 Å². The zero-order valence-electron chi connectivity index (χ0n) is 12.7. The van der Waals surface area contributed by atoms with Crippen LogP contribution in [-0.2, 0) is 13.0 Å². The zero-order valence-corrected chi connectivity index (χ0v) is 13.5. The molecule has 0 fully saturated rings. The SMILES string of the molecule is N#Cc1c(Cc2ccc(Cl)cc2)nn(Cc2ccc(F)cc2)c1N. The van der Waals surface area contributed by atoms with Crippen molar-refractivity contribution in [2.45, 2.75) is 13.0 Å². The molecule has 1 aromatic heterocycles. The van der Waals surface area contributed by atoms with E-state index in [1.807, 2.05) is 12.1 Å². The predicted molar refractivity (Wildman–Crippen MR) is 91.1 cm³/mol. The van der Waals surface area contributed by atoms with Crippen LogP contribution in [0.1, 0.15) is 22.4 Å². The summed E-state index contributed by atoms with van der Waals surface area (Å²) in [4.78, 5) is 0. The highest BCUT2D eigenvalue weighted by atomic mass is 35.5. The van der Waals surface area contributed by atoms with Crippen LogP contribution in [0, 0.1) is 17.1 Å². The topological polar surface area (TPSA) is 67.6 Å². The third-order valence-electron chi connectivity index (χ3n) is 3.71. The first-order valence-corrected chi connectivity index (χ1v) is 7.69. The normalized spacial score (nSPS) is 10.5. The van der Waals surface area contributed by atoms with Gasteiger partial charge in [-0.3, -0.25) is 0 Å². The quantitative estimate of drug-likeness (QED) is 0.786. The Labute approximate surface area is 143 Å². The average molecular weight is 341 g/mol. The summed E-state index contributed by atoms with van der Waals surface area (Å²) in [6.45, 7) is 0.376. The monoisotopic (exact) mass is 340 g/mol. The molecule has 0 spiro atoms. The smallest absolute Gasteiger partial charge is 0.140 e. The number of halogens is 2. The van der Waals surface area contributed by atoms with Gasteiger partial charge in [0.05, 0.1) is 12.2 Å². The van der Waals surface area contributed by atoms with Gasteiger partial charge in [-0.25, -0.2) is 9.07 Å². The standard InChI is InChI=1S/C18H14ClFN4/c19-14-5-1-12(2-6-14)9-17-16(10-21)18(22)24(23-17)11-13-3-7-15(20)8-4-13/h1-8H,9,11,22H2. The molecule has 4 nitrogen and oxygen atoms in total. The summed E-state index contributed by atoms with van der Waals surface area (Å²) < 4.78 is 14.6. The predicted octanol–water partition coefficient (Wildman–Crippen LogP) is 3.77. The molecule has 120 valence electrons. The van der Waals surface area contributed by atoms with Crippen LogP contribution in [0.4, 0.5) is 10.2 Å². The molecular formula is C18H14ClFN4. The summed E-state index contributed by atoms with van der Waals surface area (Å²) in [5, 5.41) is 14.5. The minimum atomic E-state index is -0.298. The fourth-order valence-corrected chi connectivity index (χ4v) is 2.58. The fraction of sp³-hybridized carbons (Fsp3) is 0.111. The van der Waals surface area contributed by atoms with Crippen molar-refractivity contribution >= 4 is 17.4 Å². The molecular weight excluding hydrogens is 327 g/mol. The van der Waals surface area contributed by atoms with Gasteiger partial charge in [-0.15, -0.1) is 0 Å². The van der Waals surface area contributed by atoms with E-state index in [1.54, 1.807) is 28.9 Å². The first-order chi connectivity index (χ1) is 11.6. The number of nitriles is 1. The summed E-state index contributed by atoms with van der Waals surface area (Å²) in [5.41, 5.74) is 8.87. The maximum Gasteiger partial charge on any atom is 0.140 e. The van der Waals surface area contributed by atoms with Crippen LogP contribution >= 0.6 is 11.6 Å². The van der Waals surface area contributed by atoms with Gasteiger partial charge >= 0.3 is 0 Å². The van der Waals surface area contributed by atoms with Crippen molar-refractivity contribution in [2.24, 2.45) is 0 Å². The number of anilines is 1. The molecule has 3 aromatic rings. The molecule has 0 saturated heterocycles. The molecule has 0 aliphatic heterocycles. The van der Waals surface area contributed by atoms with Crippen molar-refractivity contribution in [2.75, 3.05) is 5.73 Å². The molecule has 0 amide bonds. The Hall–Kier alpha value is -2.84. The minimum Gasteiger partial charge on any atom is -0.383 e. The molecule has 0 bridgehead atoms. The van der Waals surface area contributed by atoms with Crippen molar-refractivity contribution in [1.82, 2.24) is 9.78 Å². The molecule has 0 atom stereocenters. The summed E-state index contributed by atoms with van der Waals surface area (Å²) in [5.74, 6) is 0.0131. The van der Waals surface area contributed by atoms with Crippen molar-refractivity contribution in [3.63, 3.8) is 0 Å². The maximum atomic E-state index is 13.0. The molecule has 2 aromatic carbocycles. The molecule has 0 unspecified atom stereocenters. The molecule has 6 heteroatoms. The minimum absolute atomic E-state index is 0.298. The Kier molecular flexibility index (Phi) is 4.50. The van der Waals surface area contributed by atoms with Crippen LogP contribution in [0.3, 0.4) is 0 Å². The molecule has 0 radical (unpaired) electrons. The Morgan fingerprint density at radius 1 is 1.08 bits per heavy atom. The third-order valence-corrected chi connectivity index (χ3v) is 3.96. The van der Waals surface area contributed by atoms with E-state index in [2.05, 4.69) is 11.2 Å². The molecule has 24 heavy (non-hydrogen) atoms. The number of aromatic nitrogens is 2. The summed E-state index contributed by atoms with van der Waals surface area (Å²) >= 11 is 5.89. The Morgan fingerprint density at radius 2 is 1.71 bits per heavy atom. The summed E-state index contributed by atoms with van der Waals surface area (Å²) in [7, 11) is 0. The highest BCUT2D eigenvalue weighted by molar-refractivity contribution is 6.30. The van der Waals surface area contributed by atoms with E-state index < -0.39 is 0 Å². The van der Waals surface area contributed by atoms with Gasteiger partial charge in [0.25, 0.3) is 0 Å². The van der Waals surface area contributed by atoms with Crippen LogP contribution in [0.25, 0.3) is 0 Å². The first-order valence-electron chi connectivity index (χ1n) is 7.31. The van der Waals surface area contributed by atoms with Gasteiger partial charge in [-0.2, -0.15) is 10.4 Å². The molecule has 2 N–H and O–H groups in total. The van der Waals surface area contributed by atoms with Crippen molar-refractivity contribution in [3.8, 4) is 6.07 Å². The summed E-state index contributed by atoms with van der Waals surface area (Å²) in [6.07, 6.45) is 0.487. The second-order valence-electron chi connectivity index (χ2n) is 5.41. The Bertz CT molecular complexity index is 893. The van der Waals surface area contributed by atoms with Crippen molar-refractivity contribution in [3.05, 3.63) is 81.8 Å². The lowest BCUT2D eigenvalue weighted by molar-refractivity contribution is 0.624. The van der Waals surface area contributed by atoms with Crippen LogP contribution in [0.15, 0.2) is 48.5 Å². The Balaban J connectivity index is 1.89. The number of hydrogen-bond acceptors (Lipinski definition) is 3. The van der Waals surface area contributed by atoms with Crippen LogP contribution < -0.4 is 5.73 Å². The number of hydrogen-bond donors (Lipinski definition) is 1.